The molecule has 0 aliphatic carbocycles. The lowest BCUT2D eigenvalue weighted by molar-refractivity contribution is -0.00512. The summed E-state index contributed by atoms with van der Waals surface area (Å²) in [6.07, 6.45) is 6.44. The SMILES string of the molecule is O[C@H](COCc1cccs1)CN1CCCC[C@H]1Cn1cncn1. The van der Waals surface area contributed by atoms with Crippen molar-refractivity contribution in [2.75, 3.05) is 19.7 Å². The Hall–Kier alpha value is -1.28. The average Bonchev–Trinajstić information content (AvgIpc) is 3.23. The Morgan fingerprint density at radius 3 is 3.17 bits per heavy atom. The van der Waals surface area contributed by atoms with Crippen molar-refractivity contribution in [1.82, 2.24) is 19.7 Å². The molecule has 0 unspecified atom stereocenters. The predicted octanol–water partition coefficient (Wildman–Crippen LogP) is 1.77. The van der Waals surface area contributed by atoms with E-state index in [9.17, 15) is 5.11 Å². The summed E-state index contributed by atoms with van der Waals surface area (Å²) in [5.74, 6) is 0. The fourth-order valence-corrected chi connectivity index (χ4v) is 3.70. The zero-order valence-electron chi connectivity index (χ0n) is 13.3. The van der Waals surface area contributed by atoms with Crippen molar-refractivity contribution in [3.63, 3.8) is 0 Å². The molecule has 1 saturated heterocycles. The van der Waals surface area contributed by atoms with E-state index in [2.05, 4.69) is 21.0 Å². The molecule has 0 saturated carbocycles. The number of hydrogen-bond donors (Lipinski definition) is 1. The highest BCUT2D eigenvalue weighted by molar-refractivity contribution is 7.09. The second kappa shape index (κ2) is 8.54. The normalized spacial score (nSPS) is 20.7. The lowest BCUT2D eigenvalue weighted by Gasteiger charge is -2.36. The van der Waals surface area contributed by atoms with Crippen LogP contribution in [0.4, 0.5) is 0 Å². The first-order valence-corrected chi connectivity index (χ1v) is 9.04. The predicted molar refractivity (Wildman–Crippen MR) is 89.2 cm³/mol. The molecule has 1 fully saturated rings. The van der Waals surface area contributed by atoms with E-state index in [0.29, 0.717) is 25.8 Å². The second-order valence-electron chi connectivity index (χ2n) is 6.01. The Morgan fingerprint density at radius 2 is 2.39 bits per heavy atom. The first kappa shape index (κ1) is 16.6. The summed E-state index contributed by atoms with van der Waals surface area (Å²) in [4.78, 5) is 7.56. The Balaban J connectivity index is 1.44. The average molecular weight is 336 g/mol. The minimum atomic E-state index is -0.452. The Kier molecular flexibility index (Phi) is 6.15. The molecule has 3 rings (SSSR count). The highest BCUT2D eigenvalue weighted by Gasteiger charge is 2.25. The number of ether oxygens (including phenoxy) is 1. The molecule has 2 atom stereocenters. The molecule has 0 amide bonds. The summed E-state index contributed by atoms with van der Waals surface area (Å²) in [7, 11) is 0. The van der Waals surface area contributed by atoms with Crippen LogP contribution >= 0.6 is 11.3 Å². The number of aliphatic hydroxyl groups is 1. The molecule has 0 aromatic carbocycles. The van der Waals surface area contributed by atoms with E-state index in [0.717, 1.165) is 19.5 Å². The summed E-state index contributed by atoms with van der Waals surface area (Å²) in [6.45, 7) is 3.48. The number of likely N-dealkylation sites (tertiary alicyclic amines) is 1. The molecule has 2 aromatic heterocycles. The van der Waals surface area contributed by atoms with E-state index in [-0.39, 0.29) is 0 Å². The molecule has 0 spiro atoms. The van der Waals surface area contributed by atoms with E-state index >= 15 is 0 Å². The summed E-state index contributed by atoms with van der Waals surface area (Å²) in [5, 5.41) is 16.5. The highest BCUT2D eigenvalue weighted by atomic mass is 32.1. The molecule has 6 nitrogen and oxygen atoms in total. The molecule has 1 aliphatic heterocycles. The molecule has 0 radical (unpaired) electrons. The molecular weight excluding hydrogens is 312 g/mol. The van der Waals surface area contributed by atoms with Crippen molar-refractivity contribution in [2.45, 2.75) is 44.6 Å². The fourth-order valence-electron chi connectivity index (χ4n) is 3.06. The van der Waals surface area contributed by atoms with Crippen LogP contribution in [0.5, 0.6) is 0 Å². The van der Waals surface area contributed by atoms with Crippen LogP contribution in [-0.4, -0.2) is 56.6 Å². The van der Waals surface area contributed by atoms with Crippen molar-refractivity contribution < 1.29 is 9.84 Å². The van der Waals surface area contributed by atoms with Crippen LogP contribution in [0.15, 0.2) is 30.2 Å². The van der Waals surface area contributed by atoms with Gasteiger partial charge in [0.1, 0.15) is 12.7 Å². The van der Waals surface area contributed by atoms with Gasteiger partial charge in [-0.2, -0.15) is 5.10 Å². The van der Waals surface area contributed by atoms with Crippen LogP contribution in [-0.2, 0) is 17.9 Å². The van der Waals surface area contributed by atoms with Gasteiger partial charge in [-0.1, -0.05) is 12.5 Å². The van der Waals surface area contributed by atoms with E-state index in [4.69, 9.17) is 4.74 Å². The third-order valence-corrected chi connectivity index (χ3v) is 5.04. The number of thiophene rings is 1. The van der Waals surface area contributed by atoms with Gasteiger partial charge in [-0.05, 0) is 30.8 Å². The minimum absolute atomic E-state index is 0.379. The van der Waals surface area contributed by atoms with Gasteiger partial charge in [0, 0.05) is 17.5 Å². The first-order valence-electron chi connectivity index (χ1n) is 8.16. The van der Waals surface area contributed by atoms with Gasteiger partial charge in [0.2, 0.25) is 0 Å². The highest BCUT2D eigenvalue weighted by Crippen LogP contribution is 2.19. The number of aliphatic hydroxyl groups excluding tert-OH is 1. The molecule has 23 heavy (non-hydrogen) atoms. The van der Waals surface area contributed by atoms with Crippen molar-refractivity contribution in [1.29, 1.82) is 0 Å². The van der Waals surface area contributed by atoms with Crippen LogP contribution in [0.25, 0.3) is 0 Å². The van der Waals surface area contributed by atoms with Gasteiger partial charge in [-0.25, -0.2) is 4.98 Å². The Bertz CT molecular complexity index is 546. The van der Waals surface area contributed by atoms with Gasteiger partial charge in [-0.15, -0.1) is 11.3 Å². The van der Waals surface area contributed by atoms with E-state index < -0.39 is 6.10 Å². The second-order valence-corrected chi connectivity index (χ2v) is 7.04. The molecular formula is C16H24N4O2S. The van der Waals surface area contributed by atoms with Crippen LogP contribution in [0.1, 0.15) is 24.1 Å². The molecule has 0 bridgehead atoms. The van der Waals surface area contributed by atoms with Crippen LogP contribution in [0.3, 0.4) is 0 Å². The third kappa shape index (κ3) is 5.10. The molecule has 126 valence electrons. The number of β-amino-alcohol motifs (C(OH)–C–C–N with tert-alkyl or cyclic N) is 1. The zero-order valence-corrected chi connectivity index (χ0v) is 14.1. The van der Waals surface area contributed by atoms with Crippen LogP contribution < -0.4 is 0 Å². The van der Waals surface area contributed by atoms with Gasteiger partial charge in [0.15, 0.2) is 0 Å². The molecule has 1 aliphatic rings. The summed E-state index contributed by atoms with van der Waals surface area (Å²) in [6, 6.07) is 4.48. The molecule has 1 N–H and O–H groups in total. The number of aromatic nitrogens is 3. The maximum Gasteiger partial charge on any atom is 0.137 e. The minimum Gasteiger partial charge on any atom is -0.389 e. The van der Waals surface area contributed by atoms with E-state index in [1.807, 2.05) is 16.1 Å². The summed E-state index contributed by atoms with van der Waals surface area (Å²) < 4.78 is 7.51. The van der Waals surface area contributed by atoms with Crippen molar-refractivity contribution in [3.8, 4) is 0 Å². The molecule has 3 heterocycles. The Labute approximate surface area is 140 Å². The number of hydrogen-bond acceptors (Lipinski definition) is 6. The third-order valence-electron chi connectivity index (χ3n) is 4.19. The Morgan fingerprint density at radius 1 is 1.43 bits per heavy atom. The largest absolute Gasteiger partial charge is 0.389 e. The number of nitrogens with zero attached hydrogens (tertiary/aromatic N) is 4. The van der Waals surface area contributed by atoms with Gasteiger partial charge in [0.05, 0.1) is 25.9 Å². The standard InChI is InChI=1S/C16H24N4O2S/c21-15(10-22-11-16-5-3-7-23-16)9-19-6-2-1-4-14(19)8-20-13-17-12-18-20/h3,5,7,12-15,21H,1-2,4,6,8-11H2/t14-,15-/m0/s1. The van der Waals surface area contributed by atoms with E-state index in [1.54, 1.807) is 24.0 Å². The van der Waals surface area contributed by atoms with Crippen LogP contribution in [0, 0.1) is 0 Å². The smallest absolute Gasteiger partial charge is 0.137 e. The topological polar surface area (TPSA) is 63.4 Å². The van der Waals surface area contributed by atoms with Crippen molar-refractivity contribution >= 4 is 11.3 Å². The van der Waals surface area contributed by atoms with E-state index in [1.165, 1.54) is 17.7 Å². The van der Waals surface area contributed by atoms with Crippen LogP contribution in [0.2, 0.25) is 0 Å². The molecule has 2 aromatic rings. The van der Waals surface area contributed by atoms with Crippen molar-refractivity contribution in [3.05, 3.63) is 35.0 Å². The summed E-state index contributed by atoms with van der Waals surface area (Å²) in [5.41, 5.74) is 0. The first-order chi connectivity index (χ1) is 11.3. The van der Waals surface area contributed by atoms with Gasteiger partial charge in [0.25, 0.3) is 0 Å². The maximum atomic E-state index is 10.3. The zero-order chi connectivity index (χ0) is 15.9. The van der Waals surface area contributed by atoms with Gasteiger partial charge >= 0.3 is 0 Å². The van der Waals surface area contributed by atoms with Gasteiger partial charge in [-0.3, -0.25) is 9.58 Å². The fraction of sp³-hybridized carbons (Fsp3) is 0.625. The quantitative estimate of drug-likeness (QED) is 0.796. The van der Waals surface area contributed by atoms with Crippen molar-refractivity contribution in [2.24, 2.45) is 0 Å². The lowest BCUT2D eigenvalue weighted by Crippen LogP contribution is -2.46. The number of piperidine rings is 1. The van der Waals surface area contributed by atoms with Gasteiger partial charge < -0.3 is 9.84 Å². The monoisotopic (exact) mass is 336 g/mol. The maximum absolute atomic E-state index is 10.3. The summed E-state index contributed by atoms with van der Waals surface area (Å²) >= 11 is 1.68. The number of rotatable bonds is 8. The lowest BCUT2D eigenvalue weighted by atomic mass is 10.0. The molecule has 7 heteroatoms.